The SMILES string of the molecule is Cc1cc(Br)c(C(F)F)nc1F. The van der Waals surface area contributed by atoms with E-state index in [-0.39, 0.29) is 10.0 Å². The summed E-state index contributed by atoms with van der Waals surface area (Å²) in [6.45, 7) is 1.46. The first-order valence-electron chi connectivity index (χ1n) is 3.13. The Morgan fingerprint density at radius 1 is 1.50 bits per heavy atom. The van der Waals surface area contributed by atoms with E-state index in [1.807, 2.05) is 0 Å². The van der Waals surface area contributed by atoms with Gasteiger partial charge in [0.1, 0.15) is 5.69 Å². The average Bonchev–Trinajstić information content (AvgIpc) is 1.96. The highest BCUT2D eigenvalue weighted by molar-refractivity contribution is 9.10. The molecule has 1 aromatic rings. The number of hydrogen-bond acceptors (Lipinski definition) is 1. The fourth-order valence-electron chi connectivity index (χ4n) is 0.724. The van der Waals surface area contributed by atoms with Gasteiger partial charge in [-0.05, 0) is 28.9 Å². The molecule has 0 unspecified atom stereocenters. The van der Waals surface area contributed by atoms with Crippen LogP contribution < -0.4 is 0 Å². The summed E-state index contributed by atoms with van der Waals surface area (Å²) in [5, 5.41) is 0. The van der Waals surface area contributed by atoms with Crippen molar-refractivity contribution in [2.75, 3.05) is 0 Å². The van der Waals surface area contributed by atoms with E-state index >= 15 is 0 Å². The molecule has 1 heterocycles. The van der Waals surface area contributed by atoms with Crippen LogP contribution in [-0.2, 0) is 0 Å². The molecule has 0 N–H and O–H groups in total. The molecule has 0 saturated heterocycles. The Balaban J connectivity index is 3.23. The highest BCUT2D eigenvalue weighted by Gasteiger charge is 2.15. The minimum absolute atomic E-state index is 0.136. The first-order chi connectivity index (χ1) is 5.52. The number of pyridine rings is 1. The van der Waals surface area contributed by atoms with E-state index in [9.17, 15) is 13.2 Å². The van der Waals surface area contributed by atoms with Gasteiger partial charge in [0, 0.05) is 10.0 Å². The molecule has 1 nitrogen and oxygen atoms in total. The summed E-state index contributed by atoms with van der Waals surface area (Å²) < 4.78 is 37.0. The van der Waals surface area contributed by atoms with Crippen LogP contribution in [0.3, 0.4) is 0 Å². The standard InChI is InChI=1S/C7H5BrF3N/c1-3-2-4(8)5(6(9)10)12-7(3)11/h2,6H,1H3. The summed E-state index contributed by atoms with van der Waals surface area (Å²) >= 11 is 2.87. The fraction of sp³-hybridized carbons (Fsp3) is 0.286. The third kappa shape index (κ3) is 1.77. The zero-order chi connectivity index (χ0) is 9.30. The van der Waals surface area contributed by atoms with Gasteiger partial charge in [-0.2, -0.15) is 4.39 Å². The largest absolute Gasteiger partial charge is 0.281 e. The van der Waals surface area contributed by atoms with Crippen LogP contribution in [0.4, 0.5) is 13.2 Å². The Morgan fingerprint density at radius 2 is 2.08 bits per heavy atom. The second-order valence-electron chi connectivity index (χ2n) is 2.26. The number of nitrogens with zero attached hydrogens (tertiary/aromatic N) is 1. The van der Waals surface area contributed by atoms with Gasteiger partial charge in [-0.3, -0.25) is 0 Å². The normalized spacial score (nSPS) is 10.8. The first-order valence-corrected chi connectivity index (χ1v) is 3.92. The van der Waals surface area contributed by atoms with Crippen LogP contribution >= 0.6 is 15.9 Å². The van der Waals surface area contributed by atoms with Crippen molar-refractivity contribution in [1.29, 1.82) is 0 Å². The van der Waals surface area contributed by atoms with Crippen molar-refractivity contribution in [3.05, 3.63) is 27.7 Å². The smallest absolute Gasteiger partial charge is 0.217 e. The van der Waals surface area contributed by atoms with Crippen molar-refractivity contribution < 1.29 is 13.2 Å². The molecule has 0 amide bonds. The molecule has 0 fully saturated rings. The van der Waals surface area contributed by atoms with Crippen molar-refractivity contribution in [2.24, 2.45) is 0 Å². The van der Waals surface area contributed by atoms with Crippen LogP contribution in [0.25, 0.3) is 0 Å². The Morgan fingerprint density at radius 3 is 2.58 bits per heavy atom. The van der Waals surface area contributed by atoms with E-state index in [1.54, 1.807) is 0 Å². The van der Waals surface area contributed by atoms with E-state index < -0.39 is 18.1 Å². The molecule has 0 aliphatic heterocycles. The highest BCUT2D eigenvalue weighted by Crippen LogP contribution is 2.26. The molecule has 0 aliphatic carbocycles. The predicted octanol–water partition coefficient (Wildman–Crippen LogP) is 3.23. The quantitative estimate of drug-likeness (QED) is 0.686. The summed E-state index contributed by atoms with van der Waals surface area (Å²) in [6.07, 6.45) is -2.76. The Kier molecular flexibility index (Phi) is 2.72. The van der Waals surface area contributed by atoms with Gasteiger partial charge in [0.15, 0.2) is 0 Å². The molecule has 5 heteroatoms. The van der Waals surface area contributed by atoms with Gasteiger partial charge in [-0.15, -0.1) is 0 Å². The molecule has 0 saturated carbocycles. The van der Waals surface area contributed by atoms with Gasteiger partial charge in [-0.1, -0.05) is 0 Å². The van der Waals surface area contributed by atoms with Crippen LogP contribution in [0.1, 0.15) is 17.7 Å². The molecule has 1 rings (SSSR count). The molecule has 0 spiro atoms. The van der Waals surface area contributed by atoms with E-state index in [2.05, 4.69) is 20.9 Å². The number of aryl methyl sites for hydroxylation is 1. The van der Waals surface area contributed by atoms with E-state index in [0.29, 0.717) is 0 Å². The predicted molar refractivity (Wildman–Crippen MR) is 41.6 cm³/mol. The van der Waals surface area contributed by atoms with Gasteiger partial charge >= 0.3 is 0 Å². The number of halogens is 4. The summed E-state index contributed by atoms with van der Waals surface area (Å²) in [5.41, 5.74) is -0.315. The fourth-order valence-corrected chi connectivity index (χ4v) is 1.33. The summed E-state index contributed by atoms with van der Waals surface area (Å²) in [7, 11) is 0. The molecule has 66 valence electrons. The average molecular weight is 240 g/mol. The van der Waals surface area contributed by atoms with Crippen LogP contribution in [0.5, 0.6) is 0 Å². The monoisotopic (exact) mass is 239 g/mol. The van der Waals surface area contributed by atoms with Crippen LogP contribution in [0.15, 0.2) is 10.5 Å². The molecule has 12 heavy (non-hydrogen) atoms. The second kappa shape index (κ2) is 3.43. The minimum Gasteiger partial charge on any atom is -0.217 e. The van der Waals surface area contributed by atoms with E-state index in [4.69, 9.17) is 0 Å². The van der Waals surface area contributed by atoms with Crippen molar-refractivity contribution >= 4 is 15.9 Å². The molecule has 1 aromatic heterocycles. The van der Waals surface area contributed by atoms with Crippen molar-refractivity contribution in [3.8, 4) is 0 Å². The lowest BCUT2D eigenvalue weighted by molar-refractivity contribution is 0.143. The Bertz CT molecular complexity index is 301. The van der Waals surface area contributed by atoms with Crippen LogP contribution in [0.2, 0.25) is 0 Å². The zero-order valence-corrected chi connectivity index (χ0v) is 7.70. The van der Waals surface area contributed by atoms with E-state index in [0.717, 1.165) is 0 Å². The van der Waals surface area contributed by atoms with Gasteiger partial charge in [0.2, 0.25) is 5.95 Å². The van der Waals surface area contributed by atoms with Crippen molar-refractivity contribution in [3.63, 3.8) is 0 Å². The number of hydrogen-bond donors (Lipinski definition) is 0. The summed E-state index contributed by atoms with van der Waals surface area (Å²) in [5.74, 6) is -0.853. The lowest BCUT2D eigenvalue weighted by Gasteiger charge is -2.03. The molecular formula is C7H5BrF3N. The van der Waals surface area contributed by atoms with Gasteiger partial charge in [0.25, 0.3) is 6.43 Å². The van der Waals surface area contributed by atoms with Crippen LogP contribution in [-0.4, -0.2) is 4.98 Å². The Hall–Kier alpha value is -0.580. The third-order valence-corrected chi connectivity index (χ3v) is 1.97. The number of aromatic nitrogens is 1. The lowest BCUT2D eigenvalue weighted by atomic mass is 10.3. The number of alkyl halides is 2. The summed E-state index contributed by atoms with van der Waals surface area (Å²) in [4.78, 5) is 3.11. The van der Waals surface area contributed by atoms with E-state index in [1.165, 1.54) is 13.0 Å². The third-order valence-electron chi connectivity index (χ3n) is 1.34. The summed E-state index contributed by atoms with van der Waals surface area (Å²) in [6, 6.07) is 1.28. The zero-order valence-electron chi connectivity index (χ0n) is 6.11. The number of rotatable bonds is 1. The molecule has 0 radical (unpaired) electrons. The van der Waals surface area contributed by atoms with Crippen molar-refractivity contribution in [1.82, 2.24) is 4.98 Å². The minimum atomic E-state index is -2.76. The van der Waals surface area contributed by atoms with Crippen molar-refractivity contribution in [2.45, 2.75) is 13.3 Å². The maximum atomic E-state index is 12.7. The first kappa shape index (κ1) is 9.51. The Labute approximate surface area is 75.7 Å². The molecule has 0 aromatic carbocycles. The van der Waals surface area contributed by atoms with Gasteiger partial charge in [0.05, 0.1) is 0 Å². The maximum Gasteiger partial charge on any atom is 0.281 e. The van der Waals surface area contributed by atoms with Crippen LogP contribution in [0, 0.1) is 12.9 Å². The molecule has 0 bridgehead atoms. The molecule has 0 aliphatic rings. The van der Waals surface area contributed by atoms with Gasteiger partial charge in [-0.25, -0.2) is 13.8 Å². The van der Waals surface area contributed by atoms with Gasteiger partial charge < -0.3 is 0 Å². The maximum absolute atomic E-state index is 12.7. The second-order valence-corrected chi connectivity index (χ2v) is 3.12. The topological polar surface area (TPSA) is 12.9 Å². The highest BCUT2D eigenvalue weighted by atomic mass is 79.9. The molecular weight excluding hydrogens is 235 g/mol. The lowest BCUT2D eigenvalue weighted by Crippen LogP contribution is -1.97. The molecule has 0 atom stereocenters.